The predicted molar refractivity (Wildman–Crippen MR) is 56.8 cm³/mol. The molecule has 0 saturated heterocycles. The Balaban J connectivity index is 3.53. The molecule has 0 heterocycles. The number of hydrogen-bond donors (Lipinski definition) is 2. The van der Waals surface area contributed by atoms with Gasteiger partial charge in [-0.15, -0.1) is 0 Å². The van der Waals surface area contributed by atoms with Crippen molar-refractivity contribution >= 4 is 11.9 Å². The molecule has 1 atom stereocenters. The fourth-order valence-electron chi connectivity index (χ4n) is 1.04. The maximum atomic E-state index is 11.0. The number of aliphatic hydroxyl groups excluding tert-OH is 1. The molecule has 0 aromatic carbocycles. The normalized spacial score (nSPS) is 11.9. The van der Waals surface area contributed by atoms with E-state index in [4.69, 9.17) is 0 Å². The highest BCUT2D eigenvalue weighted by Crippen LogP contribution is 1.93. The molecule has 0 aliphatic carbocycles. The van der Waals surface area contributed by atoms with Gasteiger partial charge in [0.25, 0.3) is 0 Å². The van der Waals surface area contributed by atoms with Crippen LogP contribution in [0.15, 0.2) is 0 Å². The fourth-order valence-corrected chi connectivity index (χ4v) is 1.04. The molecule has 6 heteroatoms. The predicted octanol–water partition coefficient (Wildman–Crippen LogP) is -0.547. The van der Waals surface area contributed by atoms with E-state index in [1.807, 2.05) is 0 Å². The Labute approximate surface area is 94.9 Å². The van der Waals surface area contributed by atoms with Crippen LogP contribution in [0.5, 0.6) is 0 Å². The van der Waals surface area contributed by atoms with Crippen molar-refractivity contribution in [1.82, 2.24) is 5.32 Å². The third kappa shape index (κ3) is 8.19. The average molecular weight is 233 g/mol. The Morgan fingerprint density at radius 1 is 1.19 bits per heavy atom. The fraction of sp³-hybridized carbons (Fsp3) is 0.800. The maximum absolute atomic E-state index is 11.0. The van der Waals surface area contributed by atoms with Gasteiger partial charge in [-0.2, -0.15) is 0 Å². The van der Waals surface area contributed by atoms with Crippen molar-refractivity contribution in [3.8, 4) is 0 Å². The minimum absolute atomic E-state index is 0.0216. The van der Waals surface area contributed by atoms with E-state index in [0.29, 0.717) is 13.2 Å². The molecular formula is C10H19NO5. The van der Waals surface area contributed by atoms with Crippen LogP contribution < -0.4 is 5.32 Å². The number of nitrogens with one attached hydrogen (secondary N) is 1. The molecule has 0 aliphatic heterocycles. The van der Waals surface area contributed by atoms with Crippen LogP contribution in [0.2, 0.25) is 0 Å². The third-order valence-electron chi connectivity index (χ3n) is 1.66. The Morgan fingerprint density at radius 3 is 2.31 bits per heavy atom. The van der Waals surface area contributed by atoms with E-state index in [1.54, 1.807) is 13.8 Å². The second-order valence-corrected chi connectivity index (χ2v) is 3.10. The zero-order chi connectivity index (χ0) is 12.4. The first-order chi connectivity index (χ1) is 7.60. The van der Waals surface area contributed by atoms with Crippen LogP contribution in [-0.4, -0.2) is 49.5 Å². The molecule has 0 saturated carbocycles. The van der Waals surface area contributed by atoms with Gasteiger partial charge in [-0.3, -0.25) is 9.59 Å². The molecule has 1 unspecified atom stereocenters. The van der Waals surface area contributed by atoms with Crippen LogP contribution in [0.1, 0.15) is 20.3 Å². The van der Waals surface area contributed by atoms with Crippen molar-refractivity contribution < 1.29 is 24.2 Å². The Kier molecular flexibility index (Phi) is 8.46. The van der Waals surface area contributed by atoms with E-state index in [0.717, 1.165) is 0 Å². The Bertz CT molecular complexity index is 219. The molecular weight excluding hydrogens is 214 g/mol. The number of rotatable bonds is 8. The molecule has 0 bridgehead atoms. The third-order valence-corrected chi connectivity index (χ3v) is 1.66. The minimum Gasteiger partial charge on any atom is -0.466 e. The van der Waals surface area contributed by atoms with Crippen LogP contribution in [0.25, 0.3) is 0 Å². The zero-order valence-electron chi connectivity index (χ0n) is 9.69. The number of carbonyl (C=O) groups is 2. The zero-order valence-corrected chi connectivity index (χ0v) is 9.69. The lowest BCUT2D eigenvalue weighted by Crippen LogP contribution is -2.33. The first kappa shape index (κ1) is 14.9. The van der Waals surface area contributed by atoms with Crippen LogP contribution in [0.3, 0.4) is 0 Å². The summed E-state index contributed by atoms with van der Waals surface area (Å²) in [6.07, 6.45) is -0.933. The quantitative estimate of drug-likeness (QED) is 0.547. The largest absolute Gasteiger partial charge is 0.466 e. The Morgan fingerprint density at radius 2 is 1.75 bits per heavy atom. The molecule has 6 nitrogen and oxygen atoms in total. The van der Waals surface area contributed by atoms with Gasteiger partial charge in [-0.05, 0) is 13.8 Å². The highest BCUT2D eigenvalue weighted by atomic mass is 16.5. The van der Waals surface area contributed by atoms with Crippen molar-refractivity contribution in [1.29, 1.82) is 0 Å². The van der Waals surface area contributed by atoms with E-state index in [1.165, 1.54) is 0 Å². The van der Waals surface area contributed by atoms with E-state index >= 15 is 0 Å². The van der Waals surface area contributed by atoms with Gasteiger partial charge in [0.1, 0.15) is 0 Å². The summed E-state index contributed by atoms with van der Waals surface area (Å²) in [5, 5.41) is 12.1. The summed E-state index contributed by atoms with van der Waals surface area (Å²) in [7, 11) is 0. The van der Waals surface area contributed by atoms with Crippen molar-refractivity contribution in [2.24, 2.45) is 0 Å². The van der Waals surface area contributed by atoms with Gasteiger partial charge in [-0.1, -0.05) is 0 Å². The van der Waals surface area contributed by atoms with Gasteiger partial charge in [-0.25, -0.2) is 0 Å². The molecule has 0 fully saturated rings. The summed E-state index contributed by atoms with van der Waals surface area (Å²) in [6.45, 7) is 4.20. The summed E-state index contributed by atoms with van der Waals surface area (Å²) in [5.74, 6) is -0.834. The average Bonchev–Trinajstić information content (AvgIpc) is 2.18. The molecule has 0 radical (unpaired) electrons. The highest BCUT2D eigenvalue weighted by Gasteiger charge is 2.11. The minimum atomic E-state index is -0.853. The topological polar surface area (TPSA) is 84.9 Å². The standard InChI is InChI=1S/C10H19NO5/c1-3-15-9(13)5-8(12)6-11-7-10(14)16-4-2/h8,11-12H,3-7H2,1-2H3. The summed E-state index contributed by atoms with van der Waals surface area (Å²) < 4.78 is 9.33. The summed E-state index contributed by atoms with van der Waals surface area (Å²) in [4.78, 5) is 21.8. The summed E-state index contributed by atoms with van der Waals surface area (Å²) >= 11 is 0. The summed E-state index contributed by atoms with van der Waals surface area (Å²) in [5.41, 5.74) is 0. The molecule has 16 heavy (non-hydrogen) atoms. The van der Waals surface area contributed by atoms with E-state index in [2.05, 4.69) is 14.8 Å². The monoisotopic (exact) mass is 233 g/mol. The number of ether oxygens (including phenoxy) is 2. The van der Waals surface area contributed by atoms with Gasteiger partial charge in [0, 0.05) is 6.54 Å². The number of aliphatic hydroxyl groups is 1. The lowest BCUT2D eigenvalue weighted by atomic mass is 10.2. The van der Waals surface area contributed by atoms with Crippen molar-refractivity contribution in [3.63, 3.8) is 0 Å². The molecule has 0 amide bonds. The van der Waals surface area contributed by atoms with Crippen LogP contribution in [0, 0.1) is 0 Å². The van der Waals surface area contributed by atoms with Crippen molar-refractivity contribution in [2.45, 2.75) is 26.4 Å². The van der Waals surface area contributed by atoms with Gasteiger partial charge < -0.3 is 19.9 Å². The maximum Gasteiger partial charge on any atom is 0.319 e. The Hall–Kier alpha value is -1.14. The number of carbonyl (C=O) groups excluding carboxylic acids is 2. The van der Waals surface area contributed by atoms with Crippen molar-refractivity contribution in [3.05, 3.63) is 0 Å². The van der Waals surface area contributed by atoms with E-state index in [-0.39, 0.29) is 25.5 Å². The molecule has 0 rings (SSSR count). The van der Waals surface area contributed by atoms with E-state index in [9.17, 15) is 14.7 Å². The van der Waals surface area contributed by atoms with E-state index < -0.39 is 12.1 Å². The molecule has 2 N–H and O–H groups in total. The second kappa shape index (κ2) is 9.11. The highest BCUT2D eigenvalue weighted by molar-refractivity contribution is 5.71. The van der Waals surface area contributed by atoms with Crippen LogP contribution in [0.4, 0.5) is 0 Å². The van der Waals surface area contributed by atoms with Gasteiger partial charge in [0.15, 0.2) is 0 Å². The van der Waals surface area contributed by atoms with Crippen LogP contribution in [-0.2, 0) is 19.1 Å². The molecule has 0 spiro atoms. The van der Waals surface area contributed by atoms with Crippen LogP contribution >= 0.6 is 0 Å². The second-order valence-electron chi connectivity index (χ2n) is 3.10. The smallest absolute Gasteiger partial charge is 0.319 e. The molecule has 0 aromatic rings. The number of hydrogen-bond acceptors (Lipinski definition) is 6. The summed E-state index contributed by atoms with van der Waals surface area (Å²) in [6, 6.07) is 0. The van der Waals surface area contributed by atoms with Gasteiger partial charge in [0.05, 0.1) is 32.3 Å². The van der Waals surface area contributed by atoms with Gasteiger partial charge in [0.2, 0.25) is 0 Å². The molecule has 0 aliphatic rings. The number of esters is 2. The lowest BCUT2D eigenvalue weighted by molar-refractivity contribution is -0.145. The van der Waals surface area contributed by atoms with Crippen molar-refractivity contribution in [2.75, 3.05) is 26.3 Å². The SMILES string of the molecule is CCOC(=O)CNCC(O)CC(=O)OCC. The molecule has 0 aromatic heterocycles. The lowest BCUT2D eigenvalue weighted by Gasteiger charge is -2.10. The van der Waals surface area contributed by atoms with Gasteiger partial charge >= 0.3 is 11.9 Å². The first-order valence-corrected chi connectivity index (χ1v) is 5.30. The first-order valence-electron chi connectivity index (χ1n) is 5.30. The molecule has 94 valence electrons.